The van der Waals surface area contributed by atoms with Crippen LogP contribution in [0.1, 0.15) is 0 Å². The maximum atomic E-state index is 4.96. The second kappa shape index (κ2) is 5.86. The van der Waals surface area contributed by atoms with Gasteiger partial charge < -0.3 is 15.2 Å². The van der Waals surface area contributed by atoms with E-state index in [1.165, 1.54) is 5.39 Å². The fourth-order valence-corrected chi connectivity index (χ4v) is 3.62. The fourth-order valence-electron chi connectivity index (χ4n) is 3.62. The molecule has 0 aliphatic carbocycles. The van der Waals surface area contributed by atoms with Crippen LogP contribution >= 0.6 is 0 Å². The normalized spacial score (nSPS) is 15.1. The number of rotatable bonds is 2. The molecule has 0 amide bonds. The molecule has 4 aromatic rings. The Kier molecular flexibility index (Phi) is 3.38. The van der Waals surface area contributed by atoms with Crippen LogP contribution < -0.4 is 10.2 Å². The van der Waals surface area contributed by atoms with Gasteiger partial charge in [0.25, 0.3) is 0 Å². The third-order valence-electron chi connectivity index (χ3n) is 4.85. The van der Waals surface area contributed by atoms with Crippen LogP contribution in [0.25, 0.3) is 33.2 Å². The monoisotopic (exact) mass is 329 g/mol. The molecule has 0 unspecified atom stereocenters. The number of nitrogens with one attached hydrogen (secondary N) is 2. The first-order chi connectivity index (χ1) is 12.4. The molecule has 5 heteroatoms. The maximum absolute atomic E-state index is 4.96. The van der Waals surface area contributed by atoms with E-state index in [0.717, 1.165) is 59.8 Å². The summed E-state index contributed by atoms with van der Waals surface area (Å²) in [5, 5.41) is 5.72. The molecule has 0 bridgehead atoms. The van der Waals surface area contributed by atoms with Crippen LogP contribution in [0.2, 0.25) is 0 Å². The molecule has 3 aromatic heterocycles. The molecule has 0 radical (unpaired) electrons. The average Bonchev–Trinajstić information content (AvgIpc) is 3.07. The topological polar surface area (TPSA) is 56.8 Å². The van der Waals surface area contributed by atoms with E-state index < -0.39 is 0 Å². The second-order valence-electron chi connectivity index (χ2n) is 6.37. The molecular formula is C20H19N5. The highest BCUT2D eigenvalue weighted by atomic mass is 15.2. The molecule has 124 valence electrons. The minimum absolute atomic E-state index is 0.910. The summed E-state index contributed by atoms with van der Waals surface area (Å²) in [4.78, 5) is 15.2. The van der Waals surface area contributed by atoms with Crippen molar-refractivity contribution < 1.29 is 0 Å². The Morgan fingerprint density at radius 1 is 0.920 bits per heavy atom. The predicted octanol–water partition coefficient (Wildman–Crippen LogP) is 3.19. The summed E-state index contributed by atoms with van der Waals surface area (Å²) in [6.45, 7) is 4.01. The van der Waals surface area contributed by atoms with Crippen LogP contribution in [0.15, 0.2) is 54.7 Å². The van der Waals surface area contributed by atoms with Crippen molar-refractivity contribution in [1.82, 2.24) is 20.3 Å². The van der Waals surface area contributed by atoms with Crippen LogP contribution in [0.3, 0.4) is 0 Å². The first kappa shape index (κ1) is 14.4. The van der Waals surface area contributed by atoms with Crippen molar-refractivity contribution in [3.8, 4) is 11.3 Å². The minimum Gasteiger partial charge on any atom is -0.354 e. The first-order valence-corrected chi connectivity index (χ1v) is 8.69. The van der Waals surface area contributed by atoms with Gasteiger partial charge in [-0.3, -0.25) is 0 Å². The van der Waals surface area contributed by atoms with Crippen LogP contribution in [-0.4, -0.2) is 41.1 Å². The fraction of sp³-hybridized carbons (Fsp3) is 0.200. The van der Waals surface area contributed by atoms with Gasteiger partial charge in [0.15, 0.2) is 0 Å². The Morgan fingerprint density at radius 2 is 1.80 bits per heavy atom. The number of fused-ring (bicyclic) bond motifs is 3. The van der Waals surface area contributed by atoms with Gasteiger partial charge in [0.1, 0.15) is 11.5 Å². The molecule has 1 aromatic carbocycles. The molecular weight excluding hydrogens is 310 g/mol. The summed E-state index contributed by atoms with van der Waals surface area (Å²) in [6, 6.07) is 16.7. The molecule has 1 saturated heterocycles. The van der Waals surface area contributed by atoms with Crippen LogP contribution in [0.5, 0.6) is 0 Å². The zero-order valence-electron chi connectivity index (χ0n) is 13.9. The number of H-pyrrole nitrogens is 1. The Morgan fingerprint density at radius 3 is 2.72 bits per heavy atom. The van der Waals surface area contributed by atoms with E-state index in [4.69, 9.17) is 4.98 Å². The lowest BCUT2D eigenvalue weighted by atomic mass is 10.1. The number of hydrogen-bond acceptors (Lipinski definition) is 4. The van der Waals surface area contributed by atoms with Gasteiger partial charge in [-0.25, -0.2) is 9.97 Å². The van der Waals surface area contributed by atoms with Gasteiger partial charge in [-0.1, -0.05) is 24.3 Å². The van der Waals surface area contributed by atoms with E-state index in [0.29, 0.717) is 0 Å². The number of aromatic nitrogens is 3. The molecule has 2 N–H and O–H groups in total. The van der Waals surface area contributed by atoms with Crippen LogP contribution in [-0.2, 0) is 0 Å². The lowest BCUT2D eigenvalue weighted by Crippen LogP contribution is -2.43. The standard InChI is InChI=1S/C20H19N5/c1-2-5-17-14(4-1)19-15(8-9-22-20(19)24-17)16-6-3-7-18(23-16)25-12-10-21-11-13-25/h1-9,21H,10-13H2,(H,22,24). The Labute approximate surface area is 145 Å². The first-order valence-electron chi connectivity index (χ1n) is 8.69. The Hall–Kier alpha value is -2.92. The van der Waals surface area contributed by atoms with Gasteiger partial charge in [-0.05, 0) is 24.3 Å². The van der Waals surface area contributed by atoms with Gasteiger partial charge in [0.05, 0.1) is 5.69 Å². The van der Waals surface area contributed by atoms with E-state index in [2.05, 4.69) is 62.6 Å². The van der Waals surface area contributed by atoms with Crippen molar-refractivity contribution in [2.45, 2.75) is 0 Å². The SMILES string of the molecule is c1cc(-c2ccnc3[nH]c4ccccc4c23)nc(N2CCNCC2)c1. The molecule has 5 rings (SSSR count). The summed E-state index contributed by atoms with van der Waals surface area (Å²) in [5.74, 6) is 1.05. The number of nitrogens with zero attached hydrogens (tertiary/aromatic N) is 3. The second-order valence-corrected chi connectivity index (χ2v) is 6.37. The highest BCUT2D eigenvalue weighted by Gasteiger charge is 2.15. The maximum Gasteiger partial charge on any atom is 0.138 e. The zero-order valence-corrected chi connectivity index (χ0v) is 13.9. The summed E-state index contributed by atoms with van der Waals surface area (Å²) in [5.41, 5.74) is 4.14. The quantitative estimate of drug-likeness (QED) is 0.593. The number of pyridine rings is 2. The molecule has 0 atom stereocenters. The van der Waals surface area contributed by atoms with Gasteiger partial charge in [0.2, 0.25) is 0 Å². The number of benzene rings is 1. The van der Waals surface area contributed by atoms with Crippen molar-refractivity contribution in [3.05, 3.63) is 54.7 Å². The van der Waals surface area contributed by atoms with Gasteiger partial charge in [-0.2, -0.15) is 0 Å². The molecule has 1 aliphatic heterocycles. The summed E-state index contributed by atoms with van der Waals surface area (Å²) < 4.78 is 0. The Bertz CT molecular complexity index is 1050. The smallest absolute Gasteiger partial charge is 0.138 e. The minimum atomic E-state index is 0.910. The molecule has 0 spiro atoms. The lowest BCUT2D eigenvalue weighted by Gasteiger charge is -2.28. The third kappa shape index (κ3) is 2.44. The van der Waals surface area contributed by atoms with Crippen molar-refractivity contribution in [2.24, 2.45) is 0 Å². The number of anilines is 1. The van der Waals surface area contributed by atoms with E-state index in [9.17, 15) is 0 Å². The summed E-state index contributed by atoms with van der Waals surface area (Å²) >= 11 is 0. The van der Waals surface area contributed by atoms with E-state index in [-0.39, 0.29) is 0 Å². The van der Waals surface area contributed by atoms with Gasteiger partial charge in [0, 0.05) is 54.2 Å². The highest BCUT2D eigenvalue weighted by Crippen LogP contribution is 2.33. The van der Waals surface area contributed by atoms with Crippen LogP contribution in [0.4, 0.5) is 5.82 Å². The van der Waals surface area contributed by atoms with Crippen LogP contribution in [0, 0.1) is 0 Å². The van der Waals surface area contributed by atoms with Gasteiger partial charge in [-0.15, -0.1) is 0 Å². The number of piperazine rings is 1. The summed E-state index contributed by atoms with van der Waals surface area (Å²) in [6.07, 6.45) is 1.85. The van der Waals surface area contributed by atoms with Crippen molar-refractivity contribution in [3.63, 3.8) is 0 Å². The predicted molar refractivity (Wildman–Crippen MR) is 102 cm³/mol. The Balaban J connectivity index is 1.68. The number of para-hydroxylation sites is 1. The largest absolute Gasteiger partial charge is 0.354 e. The number of aromatic amines is 1. The van der Waals surface area contributed by atoms with Crippen molar-refractivity contribution in [1.29, 1.82) is 0 Å². The van der Waals surface area contributed by atoms with E-state index in [1.54, 1.807) is 0 Å². The molecule has 25 heavy (non-hydrogen) atoms. The van der Waals surface area contributed by atoms with Crippen molar-refractivity contribution in [2.75, 3.05) is 31.1 Å². The highest BCUT2D eigenvalue weighted by molar-refractivity contribution is 6.12. The molecule has 5 nitrogen and oxygen atoms in total. The molecule has 0 saturated carbocycles. The molecule has 1 fully saturated rings. The van der Waals surface area contributed by atoms with Gasteiger partial charge >= 0.3 is 0 Å². The summed E-state index contributed by atoms with van der Waals surface area (Å²) in [7, 11) is 0. The molecule has 4 heterocycles. The average molecular weight is 329 g/mol. The molecule has 1 aliphatic rings. The third-order valence-corrected chi connectivity index (χ3v) is 4.85. The van der Waals surface area contributed by atoms with Crippen molar-refractivity contribution >= 4 is 27.8 Å². The van der Waals surface area contributed by atoms with E-state index >= 15 is 0 Å². The van der Waals surface area contributed by atoms with E-state index in [1.807, 2.05) is 12.3 Å². The lowest BCUT2D eigenvalue weighted by molar-refractivity contribution is 0.585. The number of hydrogen-bond donors (Lipinski definition) is 2. The zero-order chi connectivity index (χ0) is 16.6.